The molecule has 6 heteroatoms. The van der Waals surface area contributed by atoms with Crippen LogP contribution in [0.25, 0.3) is 22.5 Å². The maximum absolute atomic E-state index is 13.0. The van der Waals surface area contributed by atoms with E-state index in [0.717, 1.165) is 43.9 Å². The van der Waals surface area contributed by atoms with E-state index < -0.39 is 0 Å². The number of hydrogen-bond donors (Lipinski definition) is 1. The van der Waals surface area contributed by atoms with Crippen LogP contribution in [0.1, 0.15) is 11.1 Å². The second-order valence-electron chi connectivity index (χ2n) is 8.94. The lowest BCUT2D eigenvalue weighted by Gasteiger charge is -2.34. The van der Waals surface area contributed by atoms with E-state index in [4.69, 9.17) is 4.42 Å². The number of piperazine rings is 1. The Morgan fingerprint density at radius 3 is 1.97 bits per heavy atom. The summed E-state index contributed by atoms with van der Waals surface area (Å²) in [7, 11) is 0. The molecule has 5 rings (SSSR count). The largest absolute Gasteiger partial charge is 0.438 e. The molecule has 4 aromatic rings. The van der Waals surface area contributed by atoms with Crippen molar-refractivity contribution in [2.45, 2.75) is 6.54 Å². The molecule has 0 spiro atoms. The maximum atomic E-state index is 13.0. The summed E-state index contributed by atoms with van der Waals surface area (Å²) in [6.07, 6.45) is 0. The van der Waals surface area contributed by atoms with Crippen molar-refractivity contribution in [1.82, 2.24) is 9.80 Å². The molecule has 1 saturated heterocycles. The molecule has 0 bridgehead atoms. The number of carbonyl (C=O) groups is 1. The van der Waals surface area contributed by atoms with Crippen LogP contribution in [0, 0.1) is 11.3 Å². The average molecular weight is 477 g/mol. The van der Waals surface area contributed by atoms with Crippen LogP contribution in [0.15, 0.2) is 95.4 Å². The summed E-state index contributed by atoms with van der Waals surface area (Å²) in [4.78, 5) is 17.5. The SMILES string of the molecule is N#Cc1c(NC(=O)CN2CCN(Cc3ccccc3)CC2)oc(-c2ccccc2)c1-c1ccccc1. The number of rotatable bonds is 7. The normalized spacial score (nSPS) is 14.3. The standard InChI is InChI=1S/C30H28N4O2/c31-20-26-28(24-12-6-2-7-13-24)29(25-14-8-3-9-15-25)36-30(26)32-27(35)22-34-18-16-33(17-19-34)21-23-10-4-1-5-11-23/h1-15H,16-19,21-22H2,(H,32,35). The molecule has 3 aromatic carbocycles. The number of hydrogen-bond acceptors (Lipinski definition) is 5. The van der Waals surface area contributed by atoms with Crippen molar-refractivity contribution in [2.24, 2.45) is 0 Å². The van der Waals surface area contributed by atoms with Gasteiger partial charge in [0.05, 0.1) is 6.54 Å². The first-order valence-electron chi connectivity index (χ1n) is 12.2. The van der Waals surface area contributed by atoms with Crippen molar-refractivity contribution in [2.75, 3.05) is 38.0 Å². The van der Waals surface area contributed by atoms with Gasteiger partial charge in [-0.1, -0.05) is 91.0 Å². The minimum atomic E-state index is -0.184. The van der Waals surface area contributed by atoms with Gasteiger partial charge < -0.3 is 4.42 Å². The molecule has 0 radical (unpaired) electrons. The van der Waals surface area contributed by atoms with Crippen LogP contribution in [-0.4, -0.2) is 48.4 Å². The fourth-order valence-electron chi connectivity index (χ4n) is 4.62. The molecule has 6 nitrogen and oxygen atoms in total. The van der Waals surface area contributed by atoms with Gasteiger partial charge in [0, 0.05) is 43.9 Å². The third kappa shape index (κ3) is 5.38. The lowest BCUT2D eigenvalue weighted by Crippen LogP contribution is -2.48. The summed E-state index contributed by atoms with van der Waals surface area (Å²) >= 11 is 0. The Labute approximate surface area is 211 Å². The lowest BCUT2D eigenvalue weighted by molar-refractivity contribution is -0.117. The van der Waals surface area contributed by atoms with Gasteiger partial charge in [0.2, 0.25) is 11.8 Å². The molecular weight excluding hydrogens is 448 g/mol. The molecule has 0 unspecified atom stereocenters. The predicted octanol–water partition coefficient (Wildman–Crippen LogP) is 5.24. The first-order chi connectivity index (χ1) is 17.7. The molecule has 36 heavy (non-hydrogen) atoms. The highest BCUT2D eigenvalue weighted by molar-refractivity contribution is 5.96. The highest BCUT2D eigenvalue weighted by Gasteiger charge is 2.25. The zero-order chi connectivity index (χ0) is 24.7. The molecule has 1 fully saturated rings. The molecular formula is C30H28N4O2. The van der Waals surface area contributed by atoms with E-state index in [9.17, 15) is 10.1 Å². The molecule has 2 heterocycles. The van der Waals surface area contributed by atoms with Gasteiger partial charge in [-0.25, -0.2) is 0 Å². The van der Waals surface area contributed by atoms with Gasteiger partial charge in [0.15, 0.2) is 0 Å². The van der Waals surface area contributed by atoms with E-state index in [1.54, 1.807) is 0 Å². The summed E-state index contributed by atoms with van der Waals surface area (Å²) in [6, 6.07) is 32.0. The van der Waals surface area contributed by atoms with Crippen molar-refractivity contribution < 1.29 is 9.21 Å². The van der Waals surface area contributed by atoms with Crippen molar-refractivity contribution in [3.63, 3.8) is 0 Å². The number of amides is 1. The minimum Gasteiger partial charge on any atom is -0.438 e. The van der Waals surface area contributed by atoms with Gasteiger partial charge in [0.25, 0.3) is 0 Å². The number of nitrogens with zero attached hydrogens (tertiary/aromatic N) is 3. The Hall–Kier alpha value is -4.18. The monoisotopic (exact) mass is 476 g/mol. The van der Waals surface area contributed by atoms with Crippen molar-refractivity contribution in [3.05, 3.63) is 102 Å². The molecule has 0 atom stereocenters. The summed E-state index contributed by atoms with van der Waals surface area (Å²) in [5.41, 5.74) is 4.04. The van der Waals surface area contributed by atoms with Crippen LogP contribution in [0.4, 0.5) is 5.88 Å². The van der Waals surface area contributed by atoms with Crippen LogP contribution in [-0.2, 0) is 11.3 Å². The minimum absolute atomic E-state index is 0.184. The van der Waals surface area contributed by atoms with Crippen LogP contribution in [0.2, 0.25) is 0 Å². The van der Waals surface area contributed by atoms with Crippen LogP contribution >= 0.6 is 0 Å². The number of nitriles is 1. The molecule has 1 aliphatic heterocycles. The fraction of sp³-hybridized carbons (Fsp3) is 0.200. The molecule has 1 N–H and O–H groups in total. The van der Waals surface area contributed by atoms with E-state index in [1.165, 1.54) is 5.56 Å². The molecule has 1 aromatic heterocycles. The third-order valence-corrected chi connectivity index (χ3v) is 6.45. The zero-order valence-corrected chi connectivity index (χ0v) is 20.1. The Kier molecular flexibility index (Phi) is 7.23. The number of furan rings is 1. The molecule has 1 amide bonds. The van der Waals surface area contributed by atoms with E-state index >= 15 is 0 Å². The quantitative estimate of drug-likeness (QED) is 0.395. The molecule has 1 aliphatic rings. The van der Waals surface area contributed by atoms with Crippen LogP contribution in [0.5, 0.6) is 0 Å². The summed E-state index contributed by atoms with van der Waals surface area (Å²) in [5.74, 6) is 0.585. The molecule has 0 saturated carbocycles. The first-order valence-corrected chi connectivity index (χ1v) is 12.2. The van der Waals surface area contributed by atoms with Gasteiger partial charge in [-0.05, 0) is 11.1 Å². The summed E-state index contributed by atoms with van der Waals surface area (Å²) < 4.78 is 6.14. The number of carbonyl (C=O) groups excluding carboxylic acids is 1. The van der Waals surface area contributed by atoms with Gasteiger partial charge in [-0.3, -0.25) is 19.9 Å². The highest BCUT2D eigenvalue weighted by Crippen LogP contribution is 2.41. The second-order valence-corrected chi connectivity index (χ2v) is 8.94. The van der Waals surface area contributed by atoms with E-state index in [0.29, 0.717) is 16.9 Å². The maximum Gasteiger partial charge on any atom is 0.240 e. The van der Waals surface area contributed by atoms with E-state index in [2.05, 4.69) is 45.5 Å². The van der Waals surface area contributed by atoms with Gasteiger partial charge in [0.1, 0.15) is 17.4 Å². The third-order valence-electron chi connectivity index (χ3n) is 6.45. The van der Waals surface area contributed by atoms with Crippen molar-refractivity contribution in [3.8, 4) is 28.5 Å². The first kappa shape index (κ1) is 23.6. The van der Waals surface area contributed by atoms with Crippen molar-refractivity contribution in [1.29, 1.82) is 5.26 Å². The van der Waals surface area contributed by atoms with Gasteiger partial charge in [-0.15, -0.1) is 0 Å². The Morgan fingerprint density at radius 1 is 0.806 bits per heavy atom. The summed E-state index contributed by atoms with van der Waals surface area (Å²) in [5, 5.41) is 12.9. The molecule has 0 aliphatic carbocycles. The average Bonchev–Trinajstić information content (AvgIpc) is 3.29. The number of benzene rings is 3. The second kappa shape index (κ2) is 11.0. The Morgan fingerprint density at radius 2 is 1.36 bits per heavy atom. The number of nitrogens with one attached hydrogen (secondary N) is 1. The predicted molar refractivity (Wildman–Crippen MR) is 141 cm³/mol. The Bertz CT molecular complexity index is 1340. The van der Waals surface area contributed by atoms with Gasteiger partial charge >= 0.3 is 0 Å². The van der Waals surface area contributed by atoms with Crippen LogP contribution in [0.3, 0.4) is 0 Å². The van der Waals surface area contributed by atoms with Crippen molar-refractivity contribution >= 4 is 11.8 Å². The number of anilines is 1. The smallest absolute Gasteiger partial charge is 0.240 e. The van der Waals surface area contributed by atoms with E-state index in [-0.39, 0.29) is 18.3 Å². The topological polar surface area (TPSA) is 72.5 Å². The lowest BCUT2D eigenvalue weighted by atomic mass is 9.98. The molecule has 180 valence electrons. The Balaban J connectivity index is 1.29. The fourth-order valence-corrected chi connectivity index (χ4v) is 4.62. The summed E-state index contributed by atoms with van der Waals surface area (Å²) in [6.45, 7) is 4.61. The van der Waals surface area contributed by atoms with Gasteiger partial charge in [-0.2, -0.15) is 5.26 Å². The highest BCUT2D eigenvalue weighted by atomic mass is 16.4. The zero-order valence-electron chi connectivity index (χ0n) is 20.1. The van der Waals surface area contributed by atoms with Crippen LogP contribution < -0.4 is 5.32 Å². The van der Waals surface area contributed by atoms with E-state index in [1.807, 2.05) is 66.7 Å².